The summed E-state index contributed by atoms with van der Waals surface area (Å²) in [4.78, 5) is 21.3. The second-order valence-corrected chi connectivity index (χ2v) is 4.41. The number of carboxylic acid groups (broad SMARTS) is 2. The van der Waals surface area contributed by atoms with E-state index in [2.05, 4.69) is 0 Å². The molecule has 0 radical (unpaired) electrons. The lowest BCUT2D eigenvalue weighted by Crippen LogP contribution is -2.21. The van der Waals surface area contributed by atoms with Crippen molar-refractivity contribution in [1.82, 2.24) is 0 Å². The van der Waals surface area contributed by atoms with Gasteiger partial charge in [0.15, 0.2) is 0 Å². The van der Waals surface area contributed by atoms with Crippen molar-refractivity contribution >= 4 is 23.7 Å². The summed E-state index contributed by atoms with van der Waals surface area (Å²) in [6.45, 7) is 0. The van der Waals surface area contributed by atoms with E-state index in [4.69, 9.17) is 10.2 Å². The number of carboxylic acids is 2. The van der Waals surface area contributed by atoms with E-state index in [0.717, 1.165) is 17.3 Å². The third-order valence-electron chi connectivity index (χ3n) is 1.95. The summed E-state index contributed by atoms with van der Waals surface area (Å²) >= 11 is 0.933. The zero-order chi connectivity index (χ0) is 12.0. The second kappa shape index (κ2) is 6.17. The van der Waals surface area contributed by atoms with Gasteiger partial charge in [0.2, 0.25) is 0 Å². The van der Waals surface area contributed by atoms with E-state index in [-0.39, 0.29) is 5.75 Å². The highest BCUT2D eigenvalue weighted by Crippen LogP contribution is 2.16. The van der Waals surface area contributed by atoms with Crippen molar-refractivity contribution in [3.8, 4) is 0 Å². The molecule has 0 amide bonds. The average molecular weight is 240 g/mol. The highest BCUT2D eigenvalue weighted by molar-refractivity contribution is 8.01. The molecule has 1 rings (SSSR count). The first-order valence-corrected chi connectivity index (χ1v) is 5.74. The van der Waals surface area contributed by atoms with Crippen LogP contribution in [0.4, 0.5) is 0 Å². The summed E-state index contributed by atoms with van der Waals surface area (Å²) in [5, 5.41) is 16.7. The van der Waals surface area contributed by atoms with Gasteiger partial charge >= 0.3 is 11.9 Å². The molecule has 4 nitrogen and oxygen atoms in total. The summed E-state index contributed by atoms with van der Waals surface area (Å²) in [5.74, 6) is -2.16. The van der Waals surface area contributed by atoms with Crippen LogP contribution in [0.5, 0.6) is 0 Å². The Bertz CT molecular complexity index is 364. The molecule has 86 valence electrons. The maximum absolute atomic E-state index is 10.9. The first-order valence-electron chi connectivity index (χ1n) is 4.69. The minimum atomic E-state index is -0.996. The zero-order valence-electron chi connectivity index (χ0n) is 8.50. The largest absolute Gasteiger partial charge is 0.481 e. The van der Waals surface area contributed by atoms with Crippen molar-refractivity contribution in [2.24, 2.45) is 0 Å². The molecule has 0 aromatic heterocycles. The molecule has 2 N–H and O–H groups in total. The first kappa shape index (κ1) is 12.6. The lowest BCUT2D eigenvalue weighted by Gasteiger charge is -2.10. The van der Waals surface area contributed by atoms with E-state index >= 15 is 0 Å². The molecule has 0 saturated heterocycles. The fraction of sp³-hybridized carbons (Fsp3) is 0.273. The van der Waals surface area contributed by atoms with Gasteiger partial charge in [-0.15, -0.1) is 11.8 Å². The van der Waals surface area contributed by atoms with Gasteiger partial charge in [0.25, 0.3) is 0 Å². The fourth-order valence-corrected chi connectivity index (χ4v) is 2.01. The summed E-state index contributed by atoms with van der Waals surface area (Å²) in [6, 6.07) is 9.17. The molecule has 5 heteroatoms. The lowest BCUT2D eigenvalue weighted by atomic mass is 10.1. The maximum atomic E-state index is 10.9. The Balaban J connectivity index is 2.58. The predicted molar refractivity (Wildman–Crippen MR) is 61.7 cm³/mol. The number of hydrogen-bond acceptors (Lipinski definition) is 3. The topological polar surface area (TPSA) is 74.6 Å². The van der Waals surface area contributed by atoms with Crippen LogP contribution in [0.25, 0.3) is 0 Å². The summed E-state index contributed by atoms with van der Waals surface area (Å²) in [7, 11) is 0. The summed E-state index contributed by atoms with van der Waals surface area (Å²) in [6.07, 6.45) is 0.341. The standard InChI is InChI=1S/C11H12O4S/c12-10(13)7-16-9(11(14)15)6-8-4-2-1-3-5-8/h1-5,9H,6-7H2,(H,12,13)(H,14,15). The molecule has 16 heavy (non-hydrogen) atoms. The third kappa shape index (κ3) is 4.35. The van der Waals surface area contributed by atoms with Crippen LogP contribution in [0.1, 0.15) is 5.56 Å². The Morgan fingerprint density at radius 2 is 1.81 bits per heavy atom. The van der Waals surface area contributed by atoms with Crippen LogP contribution in [0.15, 0.2) is 30.3 Å². The molecule has 0 aliphatic carbocycles. The van der Waals surface area contributed by atoms with Gasteiger partial charge in [-0.1, -0.05) is 30.3 Å². The average Bonchev–Trinajstić information content (AvgIpc) is 2.25. The van der Waals surface area contributed by atoms with Crippen LogP contribution >= 0.6 is 11.8 Å². The van der Waals surface area contributed by atoms with E-state index in [1.165, 1.54) is 0 Å². The van der Waals surface area contributed by atoms with Crippen molar-refractivity contribution < 1.29 is 19.8 Å². The normalized spacial score (nSPS) is 12.0. The molecule has 0 saturated carbocycles. The second-order valence-electron chi connectivity index (χ2n) is 3.22. The molecular formula is C11H12O4S. The van der Waals surface area contributed by atoms with Gasteiger partial charge in [-0.25, -0.2) is 0 Å². The van der Waals surface area contributed by atoms with Crippen LogP contribution < -0.4 is 0 Å². The van der Waals surface area contributed by atoms with Gasteiger partial charge in [0.1, 0.15) is 5.25 Å². The molecule has 1 unspecified atom stereocenters. The third-order valence-corrected chi connectivity index (χ3v) is 3.13. The molecule has 0 fully saturated rings. The predicted octanol–water partition coefficient (Wildman–Crippen LogP) is 1.50. The Morgan fingerprint density at radius 1 is 1.19 bits per heavy atom. The zero-order valence-corrected chi connectivity index (χ0v) is 9.31. The molecule has 1 atom stereocenters. The Labute approximate surface area is 97.3 Å². The van der Waals surface area contributed by atoms with Gasteiger partial charge in [-0.2, -0.15) is 0 Å². The van der Waals surface area contributed by atoms with Crippen LogP contribution in [-0.4, -0.2) is 33.2 Å². The monoisotopic (exact) mass is 240 g/mol. The fourth-order valence-electron chi connectivity index (χ4n) is 1.22. The van der Waals surface area contributed by atoms with Gasteiger partial charge in [0, 0.05) is 0 Å². The highest BCUT2D eigenvalue weighted by atomic mass is 32.2. The number of thioether (sulfide) groups is 1. The summed E-state index contributed by atoms with van der Waals surface area (Å²) in [5.41, 5.74) is 0.896. The van der Waals surface area contributed by atoms with E-state index in [1.807, 2.05) is 30.3 Å². The van der Waals surface area contributed by atoms with E-state index < -0.39 is 17.2 Å². The van der Waals surface area contributed by atoms with Gasteiger partial charge in [-0.05, 0) is 12.0 Å². The number of benzene rings is 1. The van der Waals surface area contributed by atoms with Crippen molar-refractivity contribution in [2.45, 2.75) is 11.7 Å². The Kier molecular flexibility index (Phi) is 4.85. The molecule has 1 aromatic carbocycles. The van der Waals surface area contributed by atoms with Crippen molar-refractivity contribution in [3.63, 3.8) is 0 Å². The van der Waals surface area contributed by atoms with E-state index in [9.17, 15) is 9.59 Å². The van der Waals surface area contributed by atoms with Crippen molar-refractivity contribution in [2.75, 3.05) is 5.75 Å². The van der Waals surface area contributed by atoms with Gasteiger partial charge in [0.05, 0.1) is 5.75 Å². The molecule has 1 aromatic rings. The molecule has 0 spiro atoms. The van der Waals surface area contributed by atoms with Crippen LogP contribution in [0.2, 0.25) is 0 Å². The molecule has 0 bridgehead atoms. The number of carbonyl (C=O) groups is 2. The molecule has 0 heterocycles. The van der Waals surface area contributed by atoms with Crippen molar-refractivity contribution in [1.29, 1.82) is 0 Å². The number of aliphatic carboxylic acids is 2. The van der Waals surface area contributed by atoms with Gasteiger partial charge in [-0.3, -0.25) is 9.59 Å². The Morgan fingerprint density at radius 3 is 2.31 bits per heavy atom. The van der Waals surface area contributed by atoms with E-state index in [0.29, 0.717) is 6.42 Å². The van der Waals surface area contributed by atoms with Crippen LogP contribution in [-0.2, 0) is 16.0 Å². The Hall–Kier alpha value is -1.49. The van der Waals surface area contributed by atoms with E-state index in [1.54, 1.807) is 0 Å². The highest BCUT2D eigenvalue weighted by Gasteiger charge is 2.19. The first-order chi connectivity index (χ1) is 7.59. The molecule has 0 aliphatic heterocycles. The summed E-state index contributed by atoms with van der Waals surface area (Å²) < 4.78 is 0. The molecular weight excluding hydrogens is 228 g/mol. The number of hydrogen-bond donors (Lipinski definition) is 2. The quantitative estimate of drug-likeness (QED) is 0.788. The smallest absolute Gasteiger partial charge is 0.316 e. The SMILES string of the molecule is O=C(O)CSC(Cc1ccccc1)C(=O)O. The molecule has 0 aliphatic rings. The lowest BCUT2D eigenvalue weighted by molar-refractivity contribution is -0.136. The van der Waals surface area contributed by atoms with Gasteiger partial charge < -0.3 is 10.2 Å². The number of rotatable bonds is 6. The van der Waals surface area contributed by atoms with Crippen LogP contribution in [0, 0.1) is 0 Å². The van der Waals surface area contributed by atoms with Crippen LogP contribution in [0.3, 0.4) is 0 Å². The minimum Gasteiger partial charge on any atom is -0.481 e. The van der Waals surface area contributed by atoms with Crippen molar-refractivity contribution in [3.05, 3.63) is 35.9 Å². The minimum absolute atomic E-state index is 0.191. The maximum Gasteiger partial charge on any atom is 0.316 e.